The maximum absolute atomic E-state index is 5.88. The fraction of sp³-hybridized carbons (Fsp3) is 0.200. The average Bonchev–Trinajstić information content (AvgIpc) is 2.91. The molecule has 2 nitrogen and oxygen atoms in total. The molecule has 4 heteroatoms. The van der Waals surface area contributed by atoms with Crippen LogP contribution in [0.3, 0.4) is 0 Å². The molecule has 0 atom stereocenters. The molecule has 19 heavy (non-hydrogen) atoms. The second-order valence-corrected chi connectivity index (χ2v) is 3.97. The SMILES string of the molecule is [Br-].[Mg+2].[c-]1ccc(C2(c3ccccc3)OCCO2)cc1. The first-order chi connectivity index (χ1) is 8.42. The zero-order valence-electron chi connectivity index (χ0n) is 10.5. The molecule has 1 aliphatic heterocycles. The van der Waals surface area contributed by atoms with Crippen LogP contribution in [-0.4, -0.2) is 36.3 Å². The first kappa shape index (κ1) is 16.7. The van der Waals surface area contributed by atoms with Gasteiger partial charge in [0.2, 0.25) is 0 Å². The van der Waals surface area contributed by atoms with Gasteiger partial charge in [-0.2, -0.15) is 30.3 Å². The smallest absolute Gasteiger partial charge is 1.00 e. The molecule has 1 fully saturated rings. The second-order valence-electron chi connectivity index (χ2n) is 3.97. The molecule has 0 saturated carbocycles. The van der Waals surface area contributed by atoms with Crippen LogP contribution < -0.4 is 17.0 Å². The van der Waals surface area contributed by atoms with Crippen LogP contribution in [0.2, 0.25) is 0 Å². The quantitative estimate of drug-likeness (QED) is 0.539. The first-order valence-corrected chi connectivity index (χ1v) is 5.72. The van der Waals surface area contributed by atoms with Crippen LogP contribution in [0.25, 0.3) is 0 Å². The molecule has 2 aromatic rings. The summed E-state index contributed by atoms with van der Waals surface area (Å²) < 4.78 is 11.8. The van der Waals surface area contributed by atoms with Gasteiger partial charge >= 0.3 is 23.1 Å². The Bertz CT molecular complexity index is 443. The van der Waals surface area contributed by atoms with Crippen LogP contribution in [0.5, 0.6) is 0 Å². The molecule has 1 heterocycles. The number of rotatable bonds is 2. The summed E-state index contributed by atoms with van der Waals surface area (Å²) >= 11 is 0. The van der Waals surface area contributed by atoms with E-state index in [1.54, 1.807) is 0 Å². The Labute approximate surface area is 140 Å². The van der Waals surface area contributed by atoms with Gasteiger partial charge in [0.15, 0.2) is 5.79 Å². The molecule has 0 amide bonds. The van der Waals surface area contributed by atoms with Crippen molar-refractivity contribution in [3.63, 3.8) is 0 Å². The van der Waals surface area contributed by atoms with E-state index in [1.165, 1.54) is 0 Å². The summed E-state index contributed by atoms with van der Waals surface area (Å²) in [7, 11) is 0. The van der Waals surface area contributed by atoms with E-state index < -0.39 is 5.79 Å². The minimum atomic E-state index is -0.740. The van der Waals surface area contributed by atoms with Crippen LogP contribution in [0, 0.1) is 6.07 Å². The zero-order chi connectivity index (χ0) is 11.6. The molecule has 0 radical (unpaired) electrons. The second kappa shape index (κ2) is 7.40. The molecule has 0 aliphatic carbocycles. The van der Waals surface area contributed by atoms with Crippen LogP contribution in [0.15, 0.2) is 54.6 Å². The third kappa shape index (κ3) is 3.20. The fourth-order valence-electron chi connectivity index (χ4n) is 2.18. The van der Waals surface area contributed by atoms with Crippen molar-refractivity contribution in [1.29, 1.82) is 0 Å². The van der Waals surface area contributed by atoms with Crippen molar-refractivity contribution >= 4 is 23.1 Å². The Morgan fingerprint density at radius 3 is 1.95 bits per heavy atom. The van der Waals surface area contributed by atoms with E-state index in [9.17, 15) is 0 Å². The Morgan fingerprint density at radius 2 is 1.37 bits per heavy atom. The molecule has 2 aromatic carbocycles. The van der Waals surface area contributed by atoms with Crippen molar-refractivity contribution in [2.75, 3.05) is 13.2 Å². The van der Waals surface area contributed by atoms with Crippen LogP contribution in [0.1, 0.15) is 11.1 Å². The van der Waals surface area contributed by atoms with Gasteiger partial charge in [0.1, 0.15) is 0 Å². The van der Waals surface area contributed by atoms with Gasteiger partial charge < -0.3 is 26.5 Å². The van der Waals surface area contributed by atoms with Gasteiger partial charge in [0.05, 0.1) is 13.2 Å². The van der Waals surface area contributed by atoms with Crippen LogP contribution >= 0.6 is 0 Å². The largest absolute Gasteiger partial charge is 2.00 e. The van der Waals surface area contributed by atoms with Gasteiger partial charge in [-0.25, -0.2) is 0 Å². The van der Waals surface area contributed by atoms with Crippen molar-refractivity contribution < 1.29 is 26.5 Å². The summed E-state index contributed by atoms with van der Waals surface area (Å²) in [4.78, 5) is 0. The summed E-state index contributed by atoms with van der Waals surface area (Å²) in [6.45, 7) is 1.24. The van der Waals surface area contributed by atoms with Crippen molar-refractivity contribution in [1.82, 2.24) is 0 Å². The topological polar surface area (TPSA) is 18.5 Å². The van der Waals surface area contributed by atoms with Gasteiger partial charge in [-0.3, -0.25) is 0 Å². The third-order valence-corrected chi connectivity index (χ3v) is 2.95. The van der Waals surface area contributed by atoms with Crippen molar-refractivity contribution in [3.8, 4) is 0 Å². The monoisotopic (exact) mass is 328 g/mol. The van der Waals surface area contributed by atoms with E-state index in [2.05, 4.69) is 6.07 Å². The van der Waals surface area contributed by atoms with Gasteiger partial charge in [0.25, 0.3) is 0 Å². The average molecular weight is 329 g/mol. The van der Waals surface area contributed by atoms with Crippen molar-refractivity contribution in [2.45, 2.75) is 5.79 Å². The maximum Gasteiger partial charge on any atom is 2.00 e. The van der Waals surface area contributed by atoms with Crippen molar-refractivity contribution in [2.24, 2.45) is 0 Å². The molecule has 3 rings (SSSR count). The van der Waals surface area contributed by atoms with Crippen LogP contribution in [0.4, 0.5) is 0 Å². The molecular formula is C15H13BrMgO2. The predicted molar refractivity (Wildman–Crippen MR) is 70.2 cm³/mol. The predicted octanol–water partition coefficient (Wildman–Crippen LogP) is -0.642. The van der Waals surface area contributed by atoms with E-state index in [0.29, 0.717) is 13.2 Å². The van der Waals surface area contributed by atoms with Gasteiger partial charge in [-0.15, -0.1) is 0 Å². The van der Waals surface area contributed by atoms with Gasteiger partial charge in [0, 0.05) is 5.56 Å². The summed E-state index contributed by atoms with van der Waals surface area (Å²) in [6, 6.07) is 20.8. The zero-order valence-corrected chi connectivity index (χ0v) is 13.5. The van der Waals surface area contributed by atoms with Crippen molar-refractivity contribution in [3.05, 3.63) is 71.8 Å². The molecule has 1 aliphatic rings. The summed E-state index contributed by atoms with van der Waals surface area (Å²) in [6.07, 6.45) is 0. The Hall–Kier alpha value is -0.394. The summed E-state index contributed by atoms with van der Waals surface area (Å²) in [5, 5.41) is 0. The number of hydrogen-bond donors (Lipinski definition) is 0. The first-order valence-electron chi connectivity index (χ1n) is 5.72. The van der Waals surface area contributed by atoms with E-state index in [1.807, 2.05) is 54.6 Å². The van der Waals surface area contributed by atoms with E-state index in [4.69, 9.17) is 9.47 Å². The number of benzene rings is 2. The minimum Gasteiger partial charge on any atom is -1.00 e. The Balaban J connectivity index is 0.000000902. The number of ether oxygens (including phenoxy) is 2. The summed E-state index contributed by atoms with van der Waals surface area (Å²) in [5.41, 5.74) is 2.05. The number of hydrogen-bond acceptors (Lipinski definition) is 2. The molecule has 0 unspecified atom stereocenters. The molecule has 0 spiro atoms. The molecule has 1 saturated heterocycles. The molecular weight excluding hydrogens is 316 g/mol. The number of halogens is 1. The molecule has 0 aromatic heterocycles. The third-order valence-electron chi connectivity index (χ3n) is 2.95. The van der Waals surface area contributed by atoms with E-state index in [-0.39, 0.29) is 40.0 Å². The van der Waals surface area contributed by atoms with Crippen LogP contribution in [-0.2, 0) is 15.3 Å². The Morgan fingerprint density at radius 1 is 0.842 bits per heavy atom. The molecule has 94 valence electrons. The normalized spacial score (nSPS) is 16.2. The van der Waals surface area contributed by atoms with Gasteiger partial charge in [-0.05, 0) is 0 Å². The minimum absolute atomic E-state index is 0. The maximum atomic E-state index is 5.88. The molecule has 0 N–H and O–H groups in total. The standard InChI is InChI=1S/C15H13O2.BrH.Mg/c1-3-7-13(8-4-1)15(16-11-12-17-15)14-9-5-2-6-10-14;;/h1,3-10H,11-12H2;1H;/q-1;;+2/p-1. The molecule has 0 bridgehead atoms. The van der Waals surface area contributed by atoms with E-state index >= 15 is 0 Å². The van der Waals surface area contributed by atoms with Gasteiger partial charge in [-0.1, -0.05) is 35.9 Å². The Kier molecular flexibility index (Phi) is 6.49. The van der Waals surface area contributed by atoms with E-state index in [0.717, 1.165) is 11.1 Å². The fourth-order valence-corrected chi connectivity index (χ4v) is 2.18. The summed E-state index contributed by atoms with van der Waals surface area (Å²) in [5.74, 6) is -0.740.